The van der Waals surface area contributed by atoms with Gasteiger partial charge in [0, 0.05) is 13.1 Å². The molecule has 0 radical (unpaired) electrons. The van der Waals surface area contributed by atoms with Crippen LogP contribution in [0.15, 0.2) is 0 Å². The van der Waals surface area contributed by atoms with Crippen molar-refractivity contribution in [1.29, 1.82) is 0 Å². The van der Waals surface area contributed by atoms with Gasteiger partial charge in [-0.05, 0) is 13.8 Å². The highest BCUT2D eigenvalue weighted by atomic mass is 16.5. The maximum absolute atomic E-state index is 11.0. The standard InChI is InChI=1S/C9H17NO3/c1-9(2)7-10(4-5-13-9)6-8(11)12-3/h4-7H2,1-3H3. The molecule has 1 saturated heterocycles. The van der Waals surface area contributed by atoms with Gasteiger partial charge >= 0.3 is 5.97 Å². The number of carbonyl (C=O) groups excluding carboxylic acids is 1. The Kier molecular flexibility index (Phi) is 3.27. The number of esters is 1. The largest absolute Gasteiger partial charge is 0.468 e. The summed E-state index contributed by atoms with van der Waals surface area (Å²) in [7, 11) is 1.41. The normalized spacial score (nSPS) is 22.7. The molecule has 1 rings (SSSR count). The molecule has 1 aliphatic heterocycles. The van der Waals surface area contributed by atoms with E-state index >= 15 is 0 Å². The van der Waals surface area contributed by atoms with Crippen LogP contribution < -0.4 is 0 Å². The van der Waals surface area contributed by atoms with Crippen molar-refractivity contribution in [3.63, 3.8) is 0 Å². The molecule has 13 heavy (non-hydrogen) atoms. The van der Waals surface area contributed by atoms with E-state index in [0.717, 1.165) is 13.1 Å². The van der Waals surface area contributed by atoms with E-state index < -0.39 is 0 Å². The van der Waals surface area contributed by atoms with Crippen molar-refractivity contribution in [3.05, 3.63) is 0 Å². The van der Waals surface area contributed by atoms with Crippen LogP contribution in [0.3, 0.4) is 0 Å². The highest BCUT2D eigenvalue weighted by Gasteiger charge is 2.28. The number of rotatable bonds is 2. The van der Waals surface area contributed by atoms with Gasteiger partial charge < -0.3 is 9.47 Å². The molecular formula is C9H17NO3. The van der Waals surface area contributed by atoms with E-state index in [-0.39, 0.29) is 11.6 Å². The minimum Gasteiger partial charge on any atom is -0.468 e. The van der Waals surface area contributed by atoms with Crippen LogP contribution in [0.2, 0.25) is 0 Å². The number of morpholine rings is 1. The third-order valence-corrected chi connectivity index (χ3v) is 2.09. The van der Waals surface area contributed by atoms with Gasteiger partial charge in [0.15, 0.2) is 0 Å². The van der Waals surface area contributed by atoms with Crippen LogP contribution >= 0.6 is 0 Å². The molecule has 0 aromatic rings. The van der Waals surface area contributed by atoms with E-state index in [1.165, 1.54) is 7.11 Å². The Morgan fingerprint density at radius 2 is 2.31 bits per heavy atom. The molecule has 0 saturated carbocycles. The zero-order valence-corrected chi connectivity index (χ0v) is 8.50. The molecule has 4 nitrogen and oxygen atoms in total. The first-order valence-electron chi connectivity index (χ1n) is 4.47. The van der Waals surface area contributed by atoms with Crippen LogP contribution in [0.5, 0.6) is 0 Å². The first-order valence-corrected chi connectivity index (χ1v) is 4.47. The smallest absolute Gasteiger partial charge is 0.319 e. The van der Waals surface area contributed by atoms with E-state index in [1.807, 2.05) is 13.8 Å². The van der Waals surface area contributed by atoms with Gasteiger partial charge in [0.25, 0.3) is 0 Å². The molecule has 76 valence electrons. The van der Waals surface area contributed by atoms with Crippen molar-refractivity contribution in [2.24, 2.45) is 0 Å². The predicted molar refractivity (Wildman–Crippen MR) is 48.5 cm³/mol. The fourth-order valence-electron chi connectivity index (χ4n) is 1.50. The summed E-state index contributed by atoms with van der Waals surface area (Å²) in [6, 6.07) is 0. The Balaban J connectivity index is 2.39. The molecule has 1 aliphatic rings. The number of ether oxygens (including phenoxy) is 2. The molecule has 0 spiro atoms. The van der Waals surface area contributed by atoms with Crippen LogP contribution in [0.4, 0.5) is 0 Å². The molecule has 0 N–H and O–H groups in total. The molecule has 1 fully saturated rings. The molecule has 0 amide bonds. The average molecular weight is 187 g/mol. The first-order chi connectivity index (χ1) is 6.03. The van der Waals surface area contributed by atoms with Gasteiger partial charge in [0.1, 0.15) is 0 Å². The maximum atomic E-state index is 11.0. The fraction of sp³-hybridized carbons (Fsp3) is 0.889. The Bertz CT molecular complexity index is 191. The number of hydrogen-bond acceptors (Lipinski definition) is 4. The van der Waals surface area contributed by atoms with Crippen LogP contribution in [0.25, 0.3) is 0 Å². The predicted octanol–water partition coefficient (Wildman–Crippen LogP) is 0.270. The van der Waals surface area contributed by atoms with Crippen LogP contribution in [-0.2, 0) is 14.3 Å². The minimum absolute atomic E-state index is 0.147. The Morgan fingerprint density at radius 1 is 1.62 bits per heavy atom. The van der Waals surface area contributed by atoms with E-state index in [4.69, 9.17) is 4.74 Å². The Morgan fingerprint density at radius 3 is 2.85 bits per heavy atom. The zero-order chi connectivity index (χ0) is 9.90. The highest BCUT2D eigenvalue weighted by molar-refractivity contribution is 5.71. The fourth-order valence-corrected chi connectivity index (χ4v) is 1.50. The second kappa shape index (κ2) is 4.07. The monoisotopic (exact) mass is 187 g/mol. The van der Waals surface area contributed by atoms with Crippen molar-refractivity contribution in [3.8, 4) is 0 Å². The van der Waals surface area contributed by atoms with Crippen LogP contribution in [0, 0.1) is 0 Å². The average Bonchev–Trinajstić information content (AvgIpc) is 2.02. The van der Waals surface area contributed by atoms with Crippen molar-refractivity contribution in [2.45, 2.75) is 19.4 Å². The Labute approximate surface area is 78.8 Å². The third kappa shape index (κ3) is 3.32. The lowest BCUT2D eigenvalue weighted by Gasteiger charge is -2.37. The topological polar surface area (TPSA) is 38.8 Å². The van der Waals surface area contributed by atoms with Crippen molar-refractivity contribution >= 4 is 5.97 Å². The molecule has 4 heteroatoms. The maximum Gasteiger partial charge on any atom is 0.319 e. The summed E-state index contributed by atoms with van der Waals surface area (Å²) in [5.41, 5.74) is -0.147. The molecule has 0 bridgehead atoms. The number of hydrogen-bond donors (Lipinski definition) is 0. The lowest BCUT2D eigenvalue weighted by molar-refractivity contribution is -0.146. The van der Waals surface area contributed by atoms with Crippen molar-refractivity contribution in [2.75, 3.05) is 33.4 Å². The van der Waals surface area contributed by atoms with Gasteiger partial charge in [-0.1, -0.05) is 0 Å². The zero-order valence-electron chi connectivity index (χ0n) is 8.50. The van der Waals surface area contributed by atoms with Gasteiger partial charge in [-0.25, -0.2) is 0 Å². The van der Waals surface area contributed by atoms with E-state index in [2.05, 4.69) is 9.64 Å². The van der Waals surface area contributed by atoms with Gasteiger partial charge in [-0.3, -0.25) is 9.69 Å². The summed E-state index contributed by atoms with van der Waals surface area (Å²) >= 11 is 0. The van der Waals surface area contributed by atoms with Gasteiger partial charge in [0.05, 0.1) is 25.9 Å². The van der Waals surface area contributed by atoms with Gasteiger partial charge in [0.2, 0.25) is 0 Å². The molecular weight excluding hydrogens is 170 g/mol. The van der Waals surface area contributed by atoms with Gasteiger partial charge in [-0.15, -0.1) is 0 Å². The lowest BCUT2D eigenvalue weighted by atomic mass is 10.1. The molecule has 0 atom stereocenters. The number of nitrogens with zero attached hydrogens (tertiary/aromatic N) is 1. The summed E-state index contributed by atoms with van der Waals surface area (Å²) in [6.07, 6.45) is 0. The number of carbonyl (C=O) groups is 1. The first kappa shape index (κ1) is 10.5. The summed E-state index contributed by atoms with van der Waals surface area (Å²) in [4.78, 5) is 13.0. The number of methoxy groups -OCH3 is 1. The highest BCUT2D eigenvalue weighted by Crippen LogP contribution is 2.15. The summed E-state index contributed by atoms with van der Waals surface area (Å²) in [5, 5.41) is 0. The summed E-state index contributed by atoms with van der Waals surface area (Å²) < 4.78 is 10.1. The Hall–Kier alpha value is -0.610. The van der Waals surface area contributed by atoms with Gasteiger partial charge in [-0.2, -0.15) is 0 Å². The summed E-state index contributed by atoms with van der Waals surface area (Å²) in [6.45, 7) is 6.68. The molecule has 0 aromatic heterocycles. The molecule has 0 aromatic carbocycles. The van der Waals surface area contributed by atoms with Crippen molar-refractivity contribution < 1.29 is 14.3 Å². The summed E-state index contributed by atoms with van der Waals surface area (Å²) in [5.74, 6) is -0.183. The molecule has 0 aliphatic carbocycles. The second-order valence-electron chi connectivity index (χ2n) is 3.89. The third-order valence-electron chi connectivity index (χ3n) is 2.09. The quantitative estimate of drug-likeness (QED) is 0.582. The van der Waals surface area contributed by atoms with Crippen LogP contribution in [0.1, 0.15) is 13.8 Å². The van der Waals surface area contributed by atoms with E-state index in [1.54, 1.807) is 0 Å². The minimum atomic E-state index is -0.183. The van der Waals surface area contributed by atoms with E-state index in [0.29, 0.717) is 13.2 Å². The van der Waals surface area contributed by atoms with Crippen LogP contribution in [-0.4, -0.2) is 49.8 Å². The second-order valence-corrected chi connectivity index (χ2v) is 3.89. The van der Waals surface area contributed by atoms with E-state index in [9.17, 15) is 4.79 Å². The SMILES string of the molecule is COC(=O)CN1CCOC(C)(C)C1. The van der Waals surface area contributed by atoms with Crippen molar-refractivity contribution in [1.82, 2.24) is 4.90 Å². The molecule has 0 unspecified atom stereocenters. The lowest BCUT2D eigenvalue weighted by Crippen LogP contribution is -2.49. The molecule has 1 heterocycles.